The molecule has 4 rings (SSSR count). The molecule has 3 aromatic rings. The third-order valence-electron chi connectivity index (χ3n) is 5.46. The average molecular weight is 492 g/mol. The molecule has 4 N–H and O–H groups in total. The standard InChI is InChI=1S/C22H20F4N6O3/c23-12-3-1-2-4-15(12)29-22(28-10-27)18-7-17(21(34)19(9-33)35-18)32-8-16(30-31-32)11-5-13(24)20(26)14(25)6-11/h1-6,8,10,17-19,21,33-34H,7,9H2,(H2,27,28,29). The number of benzene rings is 2. The molecule has 1 aromatic heterocycles. The van der Waals surface area contributed by atoms with Crippen molar-refractivity contribution < 1.29 is 32.5 Å². The zero-order valence-electron chi connectivity index (χ0n) is 18.0. The first-order valence-electron chi connectivity index (χ1n) is 10.4. The number of hydrogen-bond donors (Lipinski definition) is 3. The predicted molar refractivity (Wildman–Crippen MR) is 117 cm³/mol. The molecule has 0 spiro atoms. The van der Waals surface area contributed by atoms with Gasteiger partial charge in [-0.1, -0.05) is 17.3 Å². The van der Waals surface area contributed by atoms with Crippen LogP contribution in [-0.2, 0) is 4.74 Å². The van der Waals surface area contributed by atoms with Crippen LogP contribution in [0.3, 0.4) is 0 Å². The lowest BCUT2D eigenvalue weighted by atomic mass is 9.95. The van der Waals surface area contributed by atoms with E-state index in [1.54, 1.807) is 6.07 Å². The lowest BCUT2D eigenvalue weighted by Crippen LogP contribution is -2.49. The Balaban J connectivity index is 1.67. The molecule has 0 amide bonds. The van der Waals surface area contributed by atoms with Gasteiger partial charge in [-0.05, 0) is 24.3 Å². The summed E-state index contributed by atoms with van der Waals surface area (Å²) in [5, 5.41) is 28.3. The van der Waals surface area contributed by atoms with E-state index in [0.717, 1.165) is 18.5 Å². The number of nitrogens with two attached hydrogens (primary N) is 1. The van der Waals surface area contributed by atoms with Crippen LogP contribution in [0.1, 0.15) is 12.5 Å². The van der Waals surface area contributed by atoms with Crippen LogP contribution in [0.2, 0.25) is 0 Å². The highest BCUT2D eigenvalue weighted by Crippen LogP contribution is 2.32. The minimum atomic E-state index is -1.61. The maximum atomic E-state index is 14.1. The number of para-hydroxylation sites is 1. The summed E-state index contributed by atoms with van der Waals surface area (Å²) in [6.07, 6.45) is -1.08. The van der Waals surface area contributed by atoms with Crippen molar-refractivity contribution in [2.75, 3.05) is 6.61 Å². The Bertz CT molecular complexity index is 1240. The molecule has 0 radical (unpaired) electrons. The molecular weight excluding hydrogens is 472 g/mol. The van der Waals surface area contributed by atoms with Gasteiger partial charge in [0.25, 0.3) is 0 Å². The van der Waals surface area contributed by atoms with E-state index in [9.17, 15) is 27.8 Å². The number of ether oxygens (including phenoxy) is 1. The summed E-state index contributed by atoms with van der Waals surface area (Å²) >= 11 is 0. The molecule has 0 aliphatic carbocycles. The zero-order chi connectivity index (χ0) is 25.1. The van der Waals surface area contributed by atoms with Crippen molar-refractivity contribution in [1.82, 2.24) is 15.0 Å². The van der Waals surface area contributed by atoms with Crippen molar-refractivity contribution in [3.05, 3.63) is 65.9 Å². The van der Waals surface area contributed by atoms with Crippen LogP contribution in [0.5, 0.6) is 0 Å². The number of hydrogen-bond acceptors (Lipinski definition) is 6. The van der Waals surface area contributed by atoms with E-state index in [2.05, 4.69) is 20.3 Å². The summed E-state index contributed by atoms with van der Waals surface area (Å²) in [5.41, 5.74) is 5.35. The van der Waals surface area contributed by atoms with Gasteiger partial charge in [-0.25, -0.2) is 32.2 Å². The maximum absolute atomic E-state index is 14.1. The fourth-order valence-electron chi connectivity index (χ4n) is 3.74. The van der Waals surface area contributed by atoms with Crippen LogP contribution in [0.15, 0.2) is 52.6 Å². The van der Waals surface area contributed by atoms with Crippen molar-refractivity contribution in [3.8, 4) is 11.3 Å². The molecule has 1 fully saturated rings. The Kier molecular flexibility index (Phi) is 7.19. The summed E-state index contributed by atoms with van der Waals surface area (Å²) in [4.78, 5) is 8.16. The minimum Gasteiger partial charge on any atom is -0.394 e. The quantitative estimate of drug-likeness (QED) is 0.217. The van der Waals surface area contributed by atoms with Gasteiger partial charge < -0.3 is 20.7 Å². The van der Waals surface area contributed by atoms with Gasteiger partial charge in [0.05, 0.1) is 25.2 Å². The van der Waals surface area contributed by atoms with Gasteiger partial charge in [0.1, 0.15) is 35.5 Å². The molecule has 2 heterocycles. The summed E-state index contributed by atoms with van der Waals surface area (Å²) < 4.78 is 61.7. The van der Waals surface area contributed by atoms with E-state index in [-0.39, 0.29) is 29.2 Å². The number of aliphatic hydroxyl groups is 2. The van der Waals surface area contributed by atoms with Gasteiger partial charge in [-0.2, -0.15) is 0 Å². The second-order valence-electron chi connectivity index (χ2n) is 7.68. The Hall–Kier alpha value is -3.68. The van der Waals surface area contributed by atoms with Crippen molar-refractivity contribution in [2.24, 2.45) is 15.7 Å². The van der Waals surface area contributed by atoms with E-state index >= 15 is 0 Å². The Labute approximate surface area is 196 Å². The van der Waals surface area contributed by atoms with Gasteiger partial charge in [0, 0.05) is 12.0 Å². The third-order valence-corrected chi connectivity index (χ3v) is 5.46. The number of halogens is 4. The second kappa shape index (κ2) is 10.3. The van der Waals surface area contributed by atoms with Crippen molar-refractivity contribution >= 4 is 17.9 Å². The lowest BCUT2D eigenvalue weighted by Gasteiger charge is -2.38. The summed E-state index contributed by atoms with van der Waals surface area (Å²) in [6, 6.07) is 6.38. The smallest absolute Gasteiger partial charge is 0.194 e. The van der Waals surface area contributed by atoms with E-state index in [4.69, 9.17) is 10.5 Å². The highest BCUT2D eigenvalue weighted by Gasteiger charge is 2.41. The van der Waals surface area contributed by atoms with Gasteiger partial charge >= 0.3 is 0 Å². The monoisotopic (exact) mass is 492 g/mol. The van der Waals surface area contributed by atoms with Crippen molar-refractivity contribution in [1.29, 1.82) is 0 Å². The average Bonchev–Trinajstić information content (AvgIpc) is 3.33. The fourth-order valence-corrected chi connectivity index (χ4v) is 3.74. The first-order valence-corrected chi connectivity index (χ1v) is 10.4. The number of aliphatic hydroxyl groups excluding tert-OH is 2. The lowest BCUT2D eigenvalue weighted by molar-refractivity contribution is -0.137. The van der Waals surface area contributed by atoms with Crippen molar-refractivity contribution in [3.63, 3.8) is 0 Å². The van der Waals surface area contributed by atoms with Crippen LogP contribution >= 0.6 is 0 Å². The molecule has 4 atom stereocenters. The topological polar surface area (TPSA) is 131 Å². The largest absolute Gasteiger partial charge is 0.394 e. The fraction of sp³-hybridized carbons (Fsp3) is 0.273. The van der Waals surface area contributed by atoms with E-state index in [0.29, 0.717) is 0 Å². The number of aromatic nitrogens is 3. The summed E-state index contributed by atoms with van der Waals surface area (Å²) in [5.74, 6) is -5.03. The van der Waals surface area contributed by atoms with Crippen molar-refractivity contribution in [2.45, 2.75) is 30.8 Å². The molecular formula is C22H20F4N6O3. The van der Waals surface area contributed by atoms with E-state index < -0.39 is 54.2 Å². The predicted octanol–water partition coefficient (Wildman–Crippen LogP) is 2.27. The van der Waals surface area contributed by atoms with Gasteiger partial charge in [0.2, 0.25) is 0 Å². The highest BCUT2D eigenvalue weighted by molar-refractivity contribution is 5.94. The maximum Gasteiger partial charge on any atom is 0.194 e. The van der Waals surface area contributed by atoms with Crippen LogP contribution in [0.4, 0.5) is 23.2 Å². The normalized spacial score (nSPS) is 23.2. The number of rotatable bonds is 5. The molecule has 1 aliphatic heterocycles. The molecule has 0 bridgehead atoms. The van der Waals surface area contributed by atoms with E-state index in [1.165, 1.54) is 29.1 Å². The molecule has 13 heteroatoms. The van der Waals surface area contributed by atoms with Gasteiger partial charge in [-0.3, -0.25) is 0 Å². The first-order chi connectivity index (χ1) is 16.8. The number of amidine groups is 1. The zero-order valence-corrected chi connectivity index (χ0v) is 18.0. The summed E-state index contributed by atoms with van der Waals surface area (Å²) in [7, 11) is 0. The van der Waals surface area contributed by atoms with Crippen LogP contribution < -0.4 is 5.73 Å². The third kappa shape index (κ3) is 5.06. The molecule has 0 saturated carbocycles. The highest BCUT2D eigenvalue weighted by atomic mass is 19.2. The molecule has 9 nitrogen and oxygen atoms in total. The number of aliphatic imine (C=N–C) groups is 2. The van der Waals surface area contributed by atoms with Gasteiger partial charge in [-0.15, -0.1) is 5.10 Å². The molecule has 184 valence electrons. The molecule has 35 heavy (non-hydrogen) atoms. The molecule has 4 unspecified atom stereocenters. The Morgan fingerprint density at radius 3 is 2.54 bits per heavy atom. The summed E-state index contributed by atoms with van der Waals surface area (Å²) in [6.45, 7) is -0.580. The van der Waals surface area contributed by atoms with E-state index in [1.807, 2.05) is 0 Å². The SMILES string of the molecule is NC=NC(=Nc1ccccc1F)C1CC(n2cc(-c3cc(F)c(F)c(F)c3)nn2)C(O)C(CO)O1. The first kappa shape index (κ1) is 24.4. The Morgan fingerprint density at radius 1 is 1.17 bits per heavy atom. The Morgan fingerprint density at radius 2 is 1.89 bits per heavy atom. The second-order valence-corrected chi connectivity index (χ2v) is 7.68. The van der Waals surface area contributed by atoms with Crippen LogP contribution in [-0.4, -0.2) is 62.3 Å². The molecule has 2 aromatic carbocycles. The minimum absolute atomic E-state index is 0.00275. The van der Waals surface area contributed by atoms with Crippen LogP contribution in [0.25, 0.3) is 11.3 Å². The molecule has 1 saturated heterocycles. The van der Waals surface area contributed by atoms with Gasteiger partial charge in [0.15, 0.2) is 23.3 Å². The van der Waals surface area contributed by atoms with Crippen LogP contribution in [0, 0.1) is 23.3 Å². The number of nitrogens with zero attached hydrogens (tertiary/aromatic N) is 5. The molecule has 1 aliphatic rings.